The van der Waals surface area contributed by atoms with Crippen LogP contribution in [0.1, 0.15) is 32.8 Å². The number of nitrogens with zero attached hydrogens (tertiary/aromatic N) is 2. The number of aromatic nitrogens is 1. The third kappa shape index (κ3) is 4.19. The Kier molecular flexibility index (Phi) is 6.53. The number of thiophene rings is 1. The maximum Gasteiger partial charge on any atom is 0.0665 e. The fourth-order valence-corrected chi connectivity index (χ4v) is 6.25. The highest BCUT2D eigenvalue weighted by Gasteiger charge is 2.17. The first-order chi connectivity index (χ1) is 18.7. The van der Waals surface area contributed by atoms with Gasteiger partial charge in [0.1, 0.15) is 0 Å². The Bertz CT molecular complexity index is 1910. The highest BCUT2D eigenvalue weighted by molar-refractivity contribution is 7.18. The lowest BCUT2D eigenvalue weighted by Gasteiger charge is -2.10. The Morgan fingerprint density at radius 3 is 2.39 bits per heavy atom. The van der Waals surface area contributed by atoms with Crippen LogP contribution in [-0.2, 0) is 0 Å². The van der Waals surface area contributed by atoms with Crippen LogP contribution in [0.4, 0.5) is 0 Å². The molecule has 0 unspecified atom stereocenters. The van der Waals surface area contributed by atoms with Crippen LogP contribution in [0.3, 0.4) is 0 Å². The average molecular weight is 511 g/mol. The summed E-state index contributed by atoms with van der Waals surface area (Å²) in [5, 5.41) is 8.74. The van der Waals surface area contributed by atoms with Crippen molar-refractivity contribution >= 4 is 65.4 Å². The van der Waals surface area contributed by atoms with Gasteiger partial charge in [0.2, 0.25) is 0 Å². The zero-order valence-electron chi connectivity index (χ0n) is 22.0. The summed E-state index contributed by atoms with van der Waals surface area (Å²) in [7, 11) is 0. The molecular formula is C35H30N2S. The number of fused-ring (bicyclic) bond motifs is 7. The first kappa shape index (κ1) is 24.1. The van der Waals surface area contributed by atoms with E-state index in [-0.39, 0.29) is 0 Å². The van der Waals surface area contributed by atoms with Crippen molar-refractivity contribution in [2.75, 3.05) is 0 Å². The predicted molar refractivity (Wildman–Crippen MR) is 169 cm³/mol. The number of hydrogen-bond acceptors (Lipinski definition) is 2. The normalized spacial score (nSPS) is 13.3. The highest BCUT2D eigenvalue weighted by Crippen LogP contribution is 2.42. The third-order valence-electron chi connectivity index (χ3n) is 7.00. The van der Waals surface area contributed by atoms with Crippen molar-refractivity contribution in [1.82, 2.24) is 4.57 Å². The van der Waals surface area contributed by atoms with E-state index < -0.39 is 0 Å². The first-order valence-electron chi connectivity index (χ1n) is 13.2. The maximum atomic E-state index is 4.91. The van der Waals surface area contributed by atoms with E-state index >= 15 is 0 Å². The van der Waals surface area contributed by atoms with Crippen molar-refractivity contribution < 1.29 is 0 Å². The Labute approximate surface area is 227 Å². The summed E-state index contributed by atoms with van der Waals surface area (Å²) in [4.78, 5) is 4.91. The summed E-state index contributed by atoms with van der Waals surface area (Å²) in [6.45, 7) is 6.22. The van der Waals surface area contributed by atoms with Crippen molar-refractivity contribution in [3.63, 3.8) is 0 Å². The highest BCUT2D eigenvalue weighted by atomic mass is 32.1. The molecule has 0 atom stereocenters. The summed E-state index contributed by atoms with van der Waals surface area (Å²) in [6.07, 6.45) is 11.3. The summed E-state index contributed by atoms with van der Waals surface area (Å²) in [6, 6.07) is 28.9. The molecule has 4 aromatic carbocycles. The van der Waals surface area contributed by atoms with Gasteiger partial charge in [-0.25, -0.2) is 0 Å². The third-order valence-corrected chi connectivity index (χ3v) is 7.94. The lowest BCUT2D eigenvalue weighted by Crippen LogP contribution is -1.95. The van der Waals surface area contributed by atoms with E-state index in [2.05, 4.69) is 102 Å². The van der Waals surface area contributed by atoms with Crippen LogP contribution >= 0.6 is 11.3 Å². The molecule has 38 heavy (non-hydrogen) atoms. The van der Waals surface area contributed by atoms with Gasteiger partial charge >= 0.3 is 0 Å². The number of hydrogen-bond donors (Lipinski definition) is 0. The second-order valence-corrected chi connectivity index (χ2v) is 10.4. The van der Waals surface area contributed by atoms with Gasteiger partial charge in [-0.3, -0.25) is 4.99 Å². The molecule has 6 aromatic rings. The monoisotopic (exact) mass is 510 g/mol. The smallest absolute Gasteiger partial charge is 0.0665 e. The minimum Gasteiger partial charge on any atom is -0.309 e. The zero-order valence-corrected chi connectivity index (χ0v) is 22.8. The number of rotatable bonds is 6. The topological polar surface area (TPSA) is 17.3 Å². The van der Waals surface area contributed by atoms with Crippen molar-refractivity contribution in [3.05, 3.63) is 120 Å². The molecule has 0 radical (unpaired) electrons. The molecule has 186 valence electrons. The number of benzene rings is 4. The van der Waals surface area contributed by atoms with Crippen LogP contribution in [-0.4, -0.2) is 10.3 Å². The van der Waals surface area contributed by atoms with Crippen LogP contribution in [0, 0.1) is 0 Å². The van der Waals surface area contributed by atoms with Crippen LogP contribution in [0.25, 0.3) is 54.0 Å². The molecule has 0 spiro atoms. The van der Waals surface area contributed by atoms with Gasteiger partial charge in [0.15, 0.2) is 0 Å². The number of allylic oxidation sites excluding steroid dienone is 5. The van der Waals surface area contributed by atoms with Gasteiger partial charge in [0, 0.05) is 26.9 Å². The van der Waals surface area contributed by atoms with E-state index in [1.165, 1.54) is 42.7 Å². The summed E-state index contributed by atoms with van der Waals surface area (Å²) < 4.78 is 3.76. The summed E-state index contributed by atoms with van der Waals surface area (Å²) in [5.74, 6) is 0. The van der Waals surface area contributed by atoms with E-state index in [4.69, 9.17) is 4.99 Å². The molecule has 0 aliphatic carbocycles. The van der Waals surface area contributed by atoms with Crippen molar-refractivity contribution in [3.8, 4) is 5.69 Å². The Balaban J connectivity index is 1.54. The van der Waals surface area contributed by atoms with Gasteiger partial charge in [0.25, 0.3) is 0 Å². The van der Waals surface area contributed by atoms with Crippen LogP contribution in [0.2, 0.25) is 0 Å². The van der Waals surface area contributed by atoms with Gasteiger partial charge in [-0.1, -0.05) is 79.8 Å². The van der Waals surface area contributed by atoms with E-state index in [9.17, 15) is 0 Å². The fraction of sp³-hybridized carbons (Fsp3) is 0.114. The van der Waals surface area contributed by atoms with Crippen molar-refractivity contribution in [1.29, 1.82) is 0 Å². The second kappa shape index (κ2) is 10.3. The van der Waals surface area contributed by atoms with Crippen LogP contribution in [0.5, 0.6) is 0 Å². The molecule has 0 fully saturated rings. The summed E-state index contributed by atoms with van der Waals surface area (Å²) >= 11 is 1.83. The molecule has 6 rings (SSSR count). The zero-order chi connectivity index (χ0) is 26.1. The van der Waals surface area contributed by atoms with Gasteiger partial charge < -0.3 is 4.57 Å². The minimum absolute atomic E-state index is 0.934. The van der Waals surface area contributed by atoms with Crippen LogP contribution < -0.4 is 0 Å². The predicted octanol–water partition coefficient (Wildman–Crippen LogP) is 10.5. The molecule has 0 bridgehead atoms. The maximum absolute atomic E-state index is 4.91. The first-order valence-corrected chi connectivity index (χ1v) is 14.0. The Morgan fingerprint density at radius 1 is 0.842 bits per heavy atom. The van der Waals surface area contributed by atoms with Gasteiger partial charge in [0.05, 0.1) is 16.7 Å². The summed E-state index contributed by atoms with van der Waals surface area (Å²) in [5.41, 5.74) is 6.76. The lowest BCUT2D eigenvalue weighted by molar-refractivity contribution is 1.18. The van der Waals surface area contributed by atoms with Crippen molar-refractivity contribution in [2.45, 2.75) is 27.2 Å². The quantitative estimate of drug-likeness (QED) is 0.157. The second-order valence-electron chi connectivity index (χ2n) is 9.50. The van der Waals surface area contributed by atoms with Gasteiger partial charge in [-0.2, -0.15) is 0 Å². The minimum atomic E-state index is 0.934. The standard InChI is InChI=1S/C35H30N2S/c1-4-6-7-11-24(3)36-30(10-5-2)26-14-18-28(19-15-26)37-31-20-16-25-12-8-9-13-29(25)33(31)34-32(37)21-17-27-22-23-38-35(27)34/h4,6-23H,5H2,1-3H3/b6-4-,11-7-,30-10-,36-24-. The molecule has 0 amide bonds. The van der Waals surface area contributed by atoms with E-state index in [1.807, 2.05) is 49.5 Å². The molecule has 0 aliphatic heterocycles. The Hall–Kier alpha value is -4.21. The van der Waals surface area contributed by atoms with Crippen LogP contribution in [0.15, 0.2) is 120 Å². The molecule has 3 heteroatoms. The van der Waals surface area contributed by atoms with E-state index in [1.54, 1.807) is 0 Å². The molecule has 2 aromatic heterocycles. The average Bonchev–Trinajstić information content (AvgIpc) is 3.55. The molecular weight excluding hydrogens is 480 g/mol. The SMILES string of the molecule is C\C=C/C=C\C(C)=N/C(=C\CC)c1ccc(-n2c3ccc4ccccc4c3c3c4sccc4ccc32)cc1. The molecule has 2 heterocycles. The molecule has 0 saturated carbocycles. The number of aliphatic imine (C=N–C) groups is 1. The molecule has 2 nitrogen and oxygen atoms in total. The van der Waals surface area contributed by atoms with E-state index in [0.29, 0.717) is 0 Å². The van der Waals surface area contributed by atoms with E-state index in [0.717, 1.165) is 29.1 Å². The Morgan fingerprint density at radius 2 is 1.61 bits per heavy atom. The largest absolute Gasteiger partial charge is 0.309 e. The molecule has 0 N–H and O–H groups in total. The molecule has 0 aliphatic rings. The van der Waals surface area contributed by atoms with Crippen molar-refractivity contribution in [2.24, 2.45) is 4.99 Å². The van der Waals surface area contributed by atoms with Gasteiger partial charge in [-0.05, 0) is 83.8 Å². The lowest BCUT2D eigenvalue weighted by atomic mass is 10.0. The molecule has 0 saturated heterocycles. The fourth-order valence-electron chi connectivity index (χ4n) is 5.30. The van der Waals surface area contributed by atoms with Gasteiger partial charge in [-0.15, -0.1) is 11.3 Å².